The van der Waals surface area contributed by atoms with Gasteiger partial charge < -0.3 is 10.0 Å². The summed E-state index contributed by atoms with van der Waals surface area (Å²) in [7, 11) is 0. The molecule has 1 aliphatic rings. The van der Waals surface area contributed by atoms with E-state index >= 15 is 0 Å². The zero-order valence-corrected chi connectivity index (χ0v) is 17.1. The molecule has 0 spiro atoms. The van der Waals surface area contributed by atoms with Crippen LogP contribution in [0.1, 0.15) is 49.2 Å². The number of hydrogen-bond acceptors (Lipinski definition) is 4. The van der Waals surface area contributed by atoms with E-state index in [-0.39, 0.29) is 5.75 Å². The number of aromatic nitrogens is 1. The first-order valence-corrected chi connectivity index (χ1v) is 10.5. The molecule has 1 aliphatic heterocycles. The molecule has 1 atom stereocenters. The first-order valence-electron chi connectivity index (χ1n) is 10.5. The molecule has 3 rings (SSSR count). The Bertz CT molecular complexity index is 739. The Morgan fingerprint density at radius 1 is 1.04 bits per heavy atom. The molecular formula is C24H33N3O. The first kappa shape index (κ1) is 20.6. The van der Waals surface area contributed by atoms with Crippen LogP contribution in [-0.4, -0.2) is 52.6 Å². The van der Waals surface area contributed by atoms with E-state index in [0.717, 1.165) is 31.6 Å². The van der Waals surface area contributed by atoms with Crippen LogP contribution in [0, 0.1) is 0 Å². The van der Waals surface area contributed by atoms with Crippen molar-refractivity contribution in [1.82, 2.24) is 14.8 Å². The van der Waals surface area contributed by atoms with Crippen LogP contribution < -0.4 is 0 Å². The van der Waals surface area contributed by atoms with Gasteiger partial charge in [0.1, 0.15) is 11.4 Å². The van der Waals surface area contributed by atoms with Crippen LogP contribution in [0.15, 0.2) is 49.0 Å². The molecule has 2 heterocycles. The van der Waals surface area contributed by atoms with Gasteiger partial charge in [-0.25, -0.2) is 4.98 Å². The number of aryl methyl sites for hydroxylation is 1. The molecule has 4 heteroatoms. The van der Waals surface area contributed by atoms with Gasteiger partial charge in [0.2, 0.25) is 0 Å². The van der Waals surface area contributed by atoms with Crippen molar-refractivity contribution in [2.45, 2.75) is 38.6 Å². The number of pyridine rings is 1. The molecule has 0 radical (unpaired) electrons. The Balaban J connectivity index is 1.32. The van der Waals surface area contributed by atoms with Gasteiger partial charge >= 0.3 is 0 Å². The Morgan fingerprint density at radius 2 is 1.79 bits per heavy atom. The van der Waals surface area contributed by atoms with Crippen molar-refractivity contribution in [3.63, 3.8) is 0 Å². The maximum absolute atomic E-state index is 9.66. The van der Waals surface area contributed by atoms with E-state index in [9.17, 15) is 5.11 Å². The highest BCUT2D eigenvalue weighted by atomic mass is 16.3. The Morgan fingerprint density at radius 3 is 2.50 bits per heavy atom. The van der Waals surface area contributed by atoms with Gasteiger partial charge in [-0.3, -0.25) is 4.90 Å². The molecule has 0 saturated carbocycles. The van der Waals surface area contributed by atoms with Crippen LogP contribution in [0.2, 0.25) is 0 Å². The Kier molecular flexibility index (Phi) is 7.63. The number of nitrogens with zero attached hydrogens (tertiary/aromatic N) is 3. The van der Waals surface area contributed by atoms with E-state index in [2.05, 4.69) is 58.6 Å². The quantitative estimate of drug-likeness (QED) is 0.650. The largest absolute Gasteiger partial charge is 0.506 e. The highest BCUT2D eigenvalue weighted by Gasteiger charge is 2.21. The lowest BCUT2D eigenvalue weighted by molar-refractivity contribution is 0.101. The summed E-state index contributed by atoms with van der Waals surface area (Å²) in [6.45, 7) is 11.8. The van der Waals surface area contributed by atoms with Crippen molar-refractivity contribution in [3.8, 4) is 5.75 Å². The lowest BCUT2D eigenvalue weighted by Crippen LogP contribution is -2.47. The summed E-state index contributed by atoms with van der Waals surface area (Å²) in [6.07, 6.45) is 6.16. The zero-order chi connectivity index (χ0) is 19.8. The number of piperazine rings is 1. The molecule has 0 amide bonds. The maximum Gasteiger partial charge on any atom is 0.141 e. The second-order valence-electron chi connectivity index (χ2n) is 7.69. The fourth-order valence-electron chi connectivity index (χ4n) is 3.93. The molecule has 0 bridgehead atoms. The zero-order valence-electron chi connectivity index (χ0n) is 17.1. The normalized spacial score (nSPS) is 16.8. The van der Waals surface area contributed by atoms with E-state index in [4.69, 9.17) is 0 Å². The number of rotatable bonds is 9. The fourth-order valence-corrected chi connectivity index (χ4v) is 3.93. The standard InChI is InChI=1S/C24H33N3O/c1-3-23-24(28)14-13-22(25-23)12-8-5-9-15-26-16-18-27(19-17-26)20(2)21-10-6-4-7-11-21/h3-4,6-7,10-11,13-14,20,28H,1,5,8-9,12,15-19H2,2H3. The molecule has 1 aromatic carbocycles. The van der Waals surface area contributed by atoms with Crippen LogP contribution >= 0.6 is 0 Å². The van der Waals surface area contributed by atoms with Crippen molar-refractivity contribution >= 4 is 6.08 Å². The minimum atomic E-state index is 0.208. The Labute approximate surface area is 169 Å². The second kappa shape index (κ2) is 10.4. The minimum Gasteiger partial charge on any atom is -0.506 e. The van der Waals surface area contributed by atoms with E-state index in [1.807, 2.05) is 6.07 Å². The second-order valence-corrected chi connectivity index (χ2v) is 7.69. The average molecular weight is 380 g/mol. The SMILES string of the molecule is C=Cc1nc(CCCCCN2CCN(C(C)c3ccccc3)CC2)ccc1O. The molecule has 4 nitrogen and oxygen atoms in total. The molecule has 1 fully saturated rings. The van der Waals surface area contributed by atoms with Crippen LogP contribution in [0.25, 0.3) is 6.08 Å². The Hall–Kier alpha value is -2.17. The van der Waals surface area contributed by atoms with Crippen molar-refractivity contribution in [2.24, 2.45) is 0 Å². The van der Waals surface area contributed by atoms with Gasteiger partial charge in [-0.1, -0.05) is 43.3 Å². The average Bonchev–Trinajstić information content (AvgIpc) is 2.75. The van der Waals surface area contributed by atoms with Crippen molar-refractivity contribution in [1.29, 1.82) is 0 Å². The summed E-state index contributed by atoms with van der Waals surface area (Å²) < 4.78 is 0. The highest BCUT2D eigenvalue weighted by molar-refractivity contribution is 5.50. The predicted octanol–water partition coefficient (Wildman–Crippen LogP) is 4.52. The third kappa shape index (κ3) is 5.66. The van der Waals surface area contributed by atoms with Crippen LogP contribution in [0.3, 0.4) is 0 Å². The summed E-state index contributed by atoms with van der Waals surface area (Å²) in [6, 6.07) is 15.0. The molecule has 150 valence electrons. The maximum atomic E-state index is 9.66. The molecule has 0 aliphatic carbocycles. The van der Waals surface area contributed by atoms with Gasteiger partial charge in [0, 0.05) is 37.9 Å². The van der Waals surface area contributed by atoms with Crippen molar-refractivity contribution in [3.05, 3.63) is 66.0 Å². The third-order valence-corrected chi connectivity index (χ3v) is 5.80. The van der Waals surface area contributed by atoms with Gasteiger partial charge in [-0.05, 0) is 56.5 Å². The van der Waals surface area contributed by atoms with Gasteiger partial charge in [0.25, 0.3) is 0 Å². The lowest BCUT2D eigenvalue weighted by atomic mass is 10.1. The van der Waals surface area contributed by atoms with Crippen molar-refractivity contribution < 1.29 is 5.11 Å². The van der Waals surface area contributed by atoms with Crippen LogP contribution in [0.5, 0.6) is 5.75 Å². The molecule has 28 heavy (non-hydrogen) atoms. The van der Waals surface area contributed by atoms with Gasteiger partial charge in [0.15, 0.2) is 0 Å². The van der Waals surface area contributed by atoms with Crippen molar-refractivity contribution in [2.75, 3.05) is 32.7 Å². The molecule has 1 N–H and O–H groups in total. The van der Waals surface area contributed by atoms with E-state index in [0.29, 0.717) is 11.7 Å². The topological polar surface area (TPSA) is 39.6 Å². The van der Waals surface area contributed by atoms with Gasteiger partial charge in [-0.15, -0.1) is 0 Å². The molecule has 1 aromatic heterocycles. The summed E-state index contributed by atoms with van der Waals surface area (Å²) in [5.41, 5.74) is 3.04. The number of hydrogen-bond donors (Lipinski definition) is 1. The van der Waals surface area contributed by atoms with E-state index in [1.54, 1.807) is 12.1 Å². The van der Waals surface area contributed by atoms with E-state index in [1.165, 1.54) is 38.0 Å². The molecule has 1 unspecified atom stereocenters. The summed E-state index contributed by atoms with van der Waals surface area (Å²) in [5, 5.41) is 9.66. The number of benzene rings is 1. The monoisotopic (exact) mass is 379 g/mol. The first-order chi connectivity index (χ1) is 13.7. The summed E-state index contributed by atoms with van der Waals surface area (Å²) >= 11 is 0. The van der Waals surface area contributed by atoms with Gasteiger partial charge in [-0.2, -0.15) is 0 Å². The van der Waals surface area contributed by atoms with E-state index < -0.39 is 0 Å². The predicted molar refractivity (Wildman–Crippen MR) is 116 cm³/mol. The summed E-state index contributed by atoms with van der Waals surface area (Å²) in [5.74, 6) is 0.208. The van der Waals surface area contributed by atoms with Crippen LogP contribution in [0.4, 0.5) is 0 Å². The lowest BCUT2D eigenvalue weighted by Gasteiger charge is -2.38. The third-order valence-electron chi connectivity index (χ3n) is 5.80. The smallest absolute Gasteiger partial charge is 0.141 e. The molecule has 2 aromatic rings. The fraction of sp³-hybridized carbons (Fsp3) is 0.458. The van der Waals surface area contributed by atoms with Crippen LogP contribution in [-0.2, 0) is 6.42 Å². The number of unbranched alkanes of at least 4 members (excludes halogenated alkanes) is 2. The van der Waals surface area contributed by atoms with Gasteiger partial charge in [0.05, 0.1) is 0 Å². The number of aromatic hydroxyl groups is 1. The summed E-state index contributed by atoms with van der Waals surface area (Å²) in [4.78, 5) is 9.64. The minimum absolute atomic E-state index is 0.208. The molecular weight excluding hydrogens is 346 g/mol. The highest BCUT2D eigenvalue weighted by Crippen LogP contribution is 2.21. The molecule has 1 saturated heterocycles.